The number of nitro benzene ring substituents is 1. The van der Waals surface area contributed by atoms with Crippen molar-refractivity contribution < 1.29 is 9.13 Å². The van der Waals surface area contributed by atoms with Crippen LogP contribution in [0.2, 0.25) is 0 Å². The highest BCUT2D eigenvalue weighted by Crippen LogP contribution is 2.20. The Labute approximate surface area is 99.4 Å². The minimum absolute atomic E-state index is 0.0178. The van der Waals surface area contributed by atoms with E-state index in [9.17, 15) is 14.3 Å². The number of non-ortho nitro benzene ring substituents is 1. The molecule has 1 fully saturated rings. The number of nitrogens with zero attached hydrogens (tertiary/aromatic N) is 2. The summed E-state index contributed by atoms with van der Waals surface area (Å²) in [7, 11) is -2.18. The molecule has 0 radical (unpaired) electrons. The van der Waals surface area contributed by atoms with Crippen molar-refractivity contribution in [3.05, 3.63) is 34.4 Å². The van der Waals surface area contributed by atoms with Gasteiger partial charge in [0.1, 0.15) is 0 Å². The summed E-state index contributed by atoms with van der Waals surface area (Å²) >= 11 is 0. The van der Waals surface area contributed by atoms with E-state index in [1.165, 1.54) is 24.3 Å². The third-order valence-corrected chi connectivity index (χ3v) is 4.76. The highest BCUT2D eigenvalue weighted by Gasteiger charge is 2.14. The minimum Gasteiger partial charge on any atom is -0.315 e. The molecule has 0 saturated carbocycles. The third-order valence-electron chi connectivity index (χ3n) is 2.53. The van der Waals surface area contributed by atoms with Crippen LogP contribution in [0.3, 0.4) is 0 Å². The van der Waals surface area contributed by atoms with Crippen LogP contribution < -0.4 is 5.32 Å². The van der Waals surface area contributed by atoms with E-state index in [4.69, 9.17) is 0 Å². The first kappa shape index (κ1) is 12.0. The van der Waals surface area contributed by atoms with E-state index in [0.29, 0.717) is 30.3 Å². The number of hydrogen-bond donors (Lipinski definition) is 1. The van der Waals surface area contributed by atoms with Gasteiger partial charge >= 0.3 is 0 Å². The van der Waals surface area contributed by atoms with Crippen LogP contribution in [-0.4, -0.2) is 33.7 Å². The Kier molecular flexibility index (Phi) is 3.39. The molecule has 1 N–H and O–H groups in total. The Hall–Kier alpha value is -1.47. The Morgan fingerprint density at radius 1 is 1.24 bits per heavy atom. The molecule has 1 aliphatic rings. The highest BCUT2D eigenvalue weighted by atomic mass is 32.2. The zero-order valence-corrected chi connectivity index (χ0v) is 9.98. The molecule has 92 valence electrons. The van der Waals surface area contributed by atoms with Gasteiger partial charge in [-0.1, -0.05) is 0 Å². The van der Waals surface area contributed by atoms with Crippen molar-refractivity contribution in [1.82, 2.24) is 5.32 Å². The molecule has 0 aromatic heterocycles. The minimum atomic E-state index is -2.18. The lowest BCUT2D eigenvalue weighted by atomic mass is 10.3. The lowest BCUT2D eigenvalue weighted by Crippen LogP contribution is -2.35. The molecule has 0 atom stereocenters. The summed E-state index contributed by atoms with van der Waals surface area (Å²) in [5, 5.41) is 13.6. The van der Waals surface area contributed by atoms with Crippen molar-refractivity contribution in [2.75, 3.05) is 24.6 Å². The average molecular weight is 255 g/mol. The lowest BCUT2D eigenvalue weighted by molar-refractivity contribution is -0.384. The largest absolute Gasteiger partial charge is 0.315 e. The molecule has 1 heterocycles. The molecular weight excluding hydrogens is 242 g/mol. The smallest absolute Gasteiger partial charge is 0.269 e. The van der Waals surface area contributed by atoms with E-state index in [0.717, 1.165) is 0 Å². The molecule has 1 aromatic rings. The van der Waals surface area contributed by atoms with E-state index in [1.807, 2.05) is 0 Å². The Bertz CT molecular complexity index is 520. The quantitative estimate of drug-likeness (QED) is 0.637. The van der Waals surface area contributed by atoms with Gasteiger partial charge in [-0.15, -0.1) is 0 Å². The van der Waals surface area contributed by atoms with E-state index in [1.54, 1.807) is 0 Å². The predicted molar refractivity (Wildman–Crippen MR) is 65.9 cm³/mol. The maximum absolute atomic E-state index is 12.3. The SMILES string of the molecule is O=[N+]([O-])c1ccc(N=S2(=O)CCNCC2)cc1. The number of hydrogen-bond acceptors (Lipinski definition) is 5. The second-order valence-electron chi connectivity index (χ2n) is 3.80. The summed E-state index contributed by atoms with van der Waals surface area (Å²) < 4.78 is 16.5. The monoisotopic (exact) mass is 255 g/mol. The van der Waals surface area contributed by atoms with Crippen LogP contribution in [0, 0.1) is 10.1 Å². The van der Waals surface area contributed by atoms with Crippen LogP contribution in [0.15, 0.2) is 28.6 Å². The van der Waals surface area contributed by atoms with Crippen molar-refractivity contribution in [3.8, 4) is 0 Å². The van der Waals surface area contributed by atoms with E-state index < -0.39 is 14.7 Å². The summed E-state index contributed by atoms with van der Waals surface area (Å²) in [4.78, 5) is 10.0. The van der Waals surface area contributed by atoms with Crippen molar-refractivity contribution in [2.24, 2.45) is 4.36 Å². The molecule has 1 aliphatic heterocycles. The number of nitrogens with one attached hydrogen (secondary N) is 1. The second kappa shape index (κ2) is 4.80. The normalized spacial score (nSPS) is 18.6. The van der Waals surface area contributed by atoms with Gasteiger partial charge in [0.05, 0.1) is 20.3 Å². The van der Waals surface area contributed by atoms with Crippen molar-refractivity contribution in [1.29, 1.82) is 0 Å². The van der Waals surface area contributed by atoms with Gasteiger partial charge in [0, 0.05) is 36.7 Å². The van der Waals surface area contributed by atoms with E-state index >= 15 is 0 Å². The molecule has 6 nitrogen and oxygen atoms in total. The van der Waals surface area contributed by atoms with Crippen LogP contribution in [0.1, 0.15) is 0 Å². The van der Waals surface area contributed by atoms with Gasteiger partial charge in [0.2, 0.25) is 0 Å². The van der Waals surface area contributed by atoms with Gasteiger partial charge < -0.3 is 5.32 Å². The van der Waals surface area contributed by atoms with Crippen LogP contribution >= 0.6 is 0 Å². The van der Waals surface area contributed by atoms with Crippen LogP contribution in [0.5, 0.6) is 0 Å². The summed E-state index contributed by atoms with van der Waals surface area (Å²) in [6, 6.07) is 5.82. The van der Waals surface area contributed by atoms with Gasteiger partial charge in [0.25, 0.3) is 5.69 Å². The van der Waals surface area contributed by atoms with Gasteiger partial charge in [0.15, 0.2) is 0 Å². The molecule has 0 aliphatic carbocycles. The third kappa shape index (κ3) is 3.01. The molecular formula is C10H13N3O3S. The molecule has 1 saturated heterocycles. The first-order valence-electron chi connectivity index (χ1n) is 5.27. The molecule has 0 unspecified atom stereocenters. The van der Waals surface area contributed by atoms with E-state index in [2.05, 4.69) is 9.68 Å². The standard InChI is InChI=1S/C10H13N3O3S/c14-13(15)10-3-1-9(2-4-10)12-17(16)7-5-11-6-8-17/h1-4,11H,5-8H2. The molecule has 1 aromatic carbocycles. The molecule has 2 rings (SSSR count). The first-order chi connectivity index (χ1) is 8.09. The molecule has 0 bridgehead atoms. The number of nitro groups is 1. The highest BCUT2D eigenvalue weighted by molar-refractivity contribution is 7.93. The molecule has 0 spiro atoms. The topological polar surface area (TPSA) is 84.6 Å². The average Bonchev–Trinajstić information content (AvgIpc) is 2.30. The van der Waals surface area contributed by atoms with Crippen molar-refractivity contribution in [2.45, 2.75) is 0 Å². The van der Waals surface area contributed by atoms with Crippen molar-refractivity contribution >= 4 is 21.1 Å². The summed E-state index contributed by atoms with van der Waals surface area (Å²) in [5.41, 5.74) is 0.562. The number of rotatable bonds is 2. The second-order valence-corrected chi connectivity index (χ2v) is 6.34. The Morgan fingerprint density at radius 3 is 2.35 bits per heavy atom. The fourth-order valence-corrected chi connectivity index (χ4v) is 3.43. The van der Waals surface area contributed by atoms with Crippen LogP contribution in [0.4, 0.5) is 11.4 Å². The summed E-state index contributed by atoms with van der Waals surface area (Å²) in [5.74, 6) is 1.06. The summed E-state index contributed by atoms with van der Waals surface area (Å²) in [6.45, 7) is 1.41. The van der Waals surface area contributed by atoms with Gasteiger partial charge in [-0.25, -0.2) is 4.21 Å². The number of benzene rings is 1. The van der Waals surface area contributed by atoms with E-state index in [-0.39, 0.29) is 5.69 Å². The zero-order chi connectivity index (χ0) is 12.3. The zero-order valence-electron chi connectivity index (χ0n) is 9.17. The van der Waals surface area contributed by atoms with Crippen LogP contribution in [0.25, 0.3) is 0 Å². The fourth-order valence-electron chi connectivity index (χ4n) is 1.61. The van der Waals surface area contributed by atoms with Gasteiger partial charge in [-0.3, -0.25) is 10.1 Å². The lowest BCUT2D eigenvalue weighted by Gasteiger charge is -2.16. The molecule has 17 heavy (non-hydrogen) atoms. The van der Waals surface area contributed by atoms with Gasteiger partial charge in [-0.05, 0) is 12.1 Å². The summed E-state index contributed by atoms with van der Waals surface area (Å²) in [6.07, 6.45) is 0. The molecule has 0 amide bonds. The maximum Gasteiger partial charge on any atom is 0.269 e. The predicted octanol–water partition coefficient (Wildman–Crippen LogP) is 1.30. The fraction of sp³-hybridized carbons (Fsp3) is 0.400. The van der Waals surface area contributed by atoms with Crippen molar-refractivity contribution in [3.63, 3.8) is 0 Å². The Morgan fingerprint density at radius 2 is 1.82 bits per heavy atom. The van der Waals surface area contributed by atoms with Crippen LogP contribution in [-0.2, 0) is 9.73 Å². The first-order valence-corrected chi connectivity index (χ1v) is 7.12. The van der Waals surface area contributed by atoms with Gasteiger partial charge in [-0.2, -0.15) is 4.36 Å². The Balaban J connectivity index is 2.26. The molecule has 7 heteroatoms. The maximum atomic E-state index is 12.3.